The molecule has 2 aliphatic rings. The quantitative estimate of drug-likeness (QED) is 0.466. The van der Waals surface area contributed by atoms with Crippen LogP contribution in [0.5, 0.6) is 0 Å². The Morgan fingerprint density at radius 1 is 1.05 bits per heavy atom. The molecule has 0 aliphatic heterocycles. The Bertz CT molecular complexity index is 458. The first-order chi connectivity index (χ1) is 8.73. The summed E-state index contributed by atoms with van der Waals surface area (Å²) in [6.07, 6.45) is 16.4. The number of rotatable bonds is 5. The van der Waals surface area contributed by atoms with E-state index in [1.165, 1.54) is 5.57 Å². The van der Waals surface area contributed by atoms with E-state index < -0.39 is 0 Å². The second kappa shape index (κ2) is 10.2. The van der Waals surface area contributed by atoms with Crippen LogP contribution in [0.15, 0.2) is 40.5 Å². The van der Waals surface area contributed by atoms with Crippen molar-refractivity contribution in [1.82, 2.24) is 0 Å². The average molecular weight is 406 g/mol. The predicted molar refractivity (Wildman–Crippen MR) is 93.7 cm³/mol. The SMILES string of the molecule is CCC1=[C-]C(CC)(C2=CC=CC2)C(CC)=C1CC.Cl.Cl.[Zr]. The van der Waals surface area contributed by atoms with Crippen molar-refractivity contribution in [3.63, 3.8) is 0 Å². The topological polar surface area (TPSA) is 0 Å². The van der Waals surface area contributed by atoms with E-state index in [-0.39, 0.29) is 56.4 Å². The summed E-state index contributed by atoms with van der Waals surface area (Å²) in [5.74, 6) is 0. The van der Waals surface area contributed by atoms with Crippen LogP contribution in [0.25, 0.3) is 0 Å². The van der Waals surface area contributed by atoms with E-state index in [0.717, 1.165) is 32.1 Å². The number of halogens is 2. The third kappa shape index (κ3) is 4.04. The van der Waals surface area contributed by atoms with Crippen molar-refractivity contribution in [2.45, 2.75) is 59.8 Å². The molecule has 3 heteroatoms. The van der Waals surface area contributed by atoms with Crippen molar-refractivity contribution in [3.8, 4) is 0 Å². The van der Waals surface area contributed by atoms with Gasteiger partial charge in [-0.25, -0.2) is 5.57 Å². The van der Waals surface area contributed by atoms with Crippen LogP contribution < -0.4 is 0 Å². The Morgan fingerprint density at radius 2 is 1.71 bits per heavy atom. The van der Waals surface area contributed by atoms with Crippen LogP contribution in [0.3, 0.4) is 0 Å². The van der Waals surface area contributed by atoms with E-state index in [0.29, 0.717) is 0 Å². The van der Waals surface area contributed by atoms with Crippen LogP contribution in [0.1, 0.15) is 59.8 Å². The number of allylic oxidation sites excluding steroid dienone is 8. The Morgan fingerprint density at radius 3 is 2.10 bits per heavy atom. The summed E-state index contributed by atoms with van der Waals surface area (Å²) >= 11 is 0. The fourth-order valence-corrected chi connectivity index (χ4v) is 3.66. The average Bonchev–Trinajstić information content (AvgIpc) is 3.03. The van der Waals surface area contributed by atoms with Crippen LogP contribution in [0.2, 0.25) is 0 Å². The van der Waals surface area contributed by atoms with Crippen LogP contribution in [0.4, 0.5) is 0 Å². The molecular formula is C18H27Cl2Zr-. The minimum absolute atomic E-state index is 0. The zero-order chi connectivity index (χ0) is 13.2. The minimum Gasteiger partial charge on any atom is -0.258 e. The van der Waals surface area contributed by atoms with Gasteiger partial charge >= 0.3 is 0 Å². The largest absolute Gasteiger partial charge is 0.258 e. The first-order valence-electron chi connectivity index (χ1n) is 7.46. The van der Waals surface area contributed by atoms with Gasteiger partial charge in [0.25, 0.3) is 0 Å². The van der Waals surface area contributed by atoms with E-state index in [1.54, 1.807) is 16.7 Å². The fourth-order valence-electron chi connectivity index (χ4n) is 3.66. The Hall–Kier alpha value is 0.423. The molecule has 1 atom stereocenters. The van der Waals surface area contributed by atoms with Gasteiger partial charge in [-0.2, -0.15) is 11.1 Å². The van der Waals surface area contributed by atoms with Gasteiger partial charge in [0.05, 0.1) is 0 Å². The molecule has 0 saturated heterocycles. The molecule has 0 aromatic carbocycles. The molecule has 0 amide bonds. The van der Waals surface area contributed by atoms with Gasteiger partial charge in [0.2, 0.25) is 0 Å². The Labute approximate surface area is 162 Å². The van der Waals surface area contributed by atoms with Crippen LogP contribution in [-0.2, 0) is 26.2 Å². The van der Waals surface area contributed by atoms with Crippen LogP contribution in [-0.4, -0.2) is 0 Å². The normalized spacial score (nSPS) is 23.0. The van der Waals surface area contributed by atoms with E-state index in [4.69, 9.17) is 0 Å². The monoisotopic (exact) mass is 403 g/mol. The summed E-state index contributed by atoms with van der Waals surface area (Å²) in [6.45, 7) is 9.17. The van der Waals surface area contributed by atoms with Crippen molar-refractivity contribution in [2.24, 2.45) is 5.41 Å². The molecule has 0 fully saturated rings. The minimum atomic E-state index is 0. The summed E-state index contributed by atoms with van der Waals surface area (Å²) in [6, 6.07) is 0. The molecule has 0 bridgehead atoms. The summed E-state index contributed by atoms with van der Waals surface area (Å²) in [7, 11) is 0. The first-order valence-corrected chi connectivity index (χ1v) is 7.46. The van der Waals surface area contributed by atoms with Gasteiger partial charge in [-0.1, -0.05) is 82.6 Å². The van der Waals surface area contributed by atoms with E-state index in [9.17, 15) is 0 Å². The molecule has 0 N–H and O–H groups in total. The molecule has 0 heterocycles. The van der Waals surface area contributed by atoms with Gasteiger partial charge in [0.1, 0.15) is 0 Å². The molecule has 0 aromatic heterocycles. The molecular weight excluding hydrogens is 378 g/mol. The predicted octanol–water partition coefficient (Wildman–Crippen LogP) is 6.38. The summed E-state index contributed by atoms with van der Waals surface area (Å²) in [4.78, 5) is 0. The van der Waals surface area contributed by atoms with Crippen molar-refractivity contribution in [3.05, 3.63) is 46.6 Å². The van der Waals surface area contributed by atoms with Gasteiger partial charge in [0, 0.05) is 26.2 Å². The van der Waals surface area contributed by atoms with Gasteiger partial charge in [0.15, 0.2) is 0 Å². The molecule has 118 valence electrons. The molecule has 0 saturated carbocycles. The van der Waals surface area contributed by atoms with E-state index in [2.05, 4.69) is 52.0 Å². The molecule has 0 aromatic rings. The molecule has 1 unspecified atom stereocenters. The maximum absolute atomic E-state index is 3.88. The van der Waals surface area contributed by atoms with Crippen molar-refractivity contribution < 1.29 is 26.2 Å². The van der Waals surface area contributed by atoms with Gasteiger partial charge in [-0.3, -0.25) is 6.08 Å². The summed E-state index contributed by atoms with van der Waals surface area (Å²) in [5, 5.41) is 0. The van der Waals surface area contributed by atoms with Crippen molar-refractivity contribution in [1.29, 1.82) is 0 Å². The third-order valence-corrected chi connectivity index (χ3v) is 4.52. The zero-order valence-corrected chi connectivity index (χ0v) is 17.7. The van der Waals surface area contributed by atoms with Crippen molar-refractivity contribution >= 4 is 24.8 Å². The smallest absolute Gasteiger partial charge is 0 e. The van der Waals surface area contributed by atoms with E-state index >= 15 is 0 Å². The van der Waals surface area contributed by atoms with Crippen LogP contribution in [0, 0.1) is 11.5 Å². The molecule has 21 heavy (non-hydrogen) atoms. The zero-order valence-electron chi connectivity index (χ0n) is 13.6. The maximum atomic E-state index is 3.88. The summed E-state index contributed by atoms with van der Waals surface area (Å²) in [5.41, 5.74) is 6.38. The molecule has 2 rings (SSSR count). The molecule has 0 radical (unpaired) electrons. The van der Waals surface area contributed by atoms with Gasteiger partial charge in [-0.05, 0) is 6.42 Å². The second-order valence-corrected chi connectivity index (χ2v) is 5.20. The van der Waals surface area contributed by atoms with E-state index in [1.807, 2.05) is 0 Å². The maximum Gasteiger partial charge on any atom is 0 e. The van der Waals surface area contributed by atoms with Crippen molar-refractivity contribution in [2.75, 3.05) is 0 Å². The van der Waals surface area contributed by atoms with Crippen LogP contribution >= 0.6 is 24.8 Å². The molecule has 2 aliphatic carbocycles. The number of hydrogen-bond acceptors (Lipinski definition) is 0. The summed E-state index contributed by atoms with van der Waals surface area (Å²) < 4.78 is 0. The Balaban J connectivity index is 0. The number of hydrogen-bond donors (Lipinski definition) is 0. The fraction of sp³-hybridized carbons (Fsp3) is 0.556. The first kappa shape index (κ1) is 23.7. The standard InChI is InChI=1S/C18H25.2ClH.Zr/c1-5-14-13-18(8-4,15-11-9-10-12-15)17(7-3)16(14)6-2;;;/h9-11H,5-8,12H2,1-4H3;2*1H;/q-1;;;. The van der Waals surface area contributed by atoms with Gasteiger partial charge < -0.3 is 0 Å². The molecule has 0 nitrogen and oxygen atoms in total. The van der Waals surface area contributed by atoms with Gasteiger partial charge in [-0.15, -0.1) is 24.8 Å². The second-order valence-electron chi connectivity index (χ2n) is 5.20. The Kier molecular flexibility index (Phi) is 11.6. The third-order valence-electron chi connectivity index (χ3n) is 4.52. The molecule has 0 spiro atoms.